The molecule has 0 spiro atoms. The van der Waals surface area contributed by atoms with Crippen molar-refractivity contribution in [3.63, 3.8) is 0 Å². The Morgan fingerprint density at radius 3 is 1.50 bits per heavy atom. The number of nitrogen functional groups attached to an aromatic ring is 2. The summed E-state index contributed by atoms with van der Waals surface area (Å²) in [6.07, 6.45) is 0. The van der Waals surface area contributed by atoms with E-state index in [0.29, 0.717) is 0 Å². The third-order valence-corrected chi connectivity index (χ3v) is 5.76. The van der Waals surface area contributed by atoms with E-state index in [1.54, 1.807) is 0 Å². The Morgan fingerprint density at radius 2 is 0.812 bits per heavy atom. The maximum atomic E-state index is 6.26. The molecule has 0 atom stereocenters. The van der Waals surface area contributed by atoms with Gasteiger partial charge in [-0.05, 0) is 68.8 Å². The average Bonchev–Trinajstić information content (AvgIpc) is 2.84. The summed E-state index contributed by atoms with van der Waals surface area (Å²) in [5.74, 6) is 0. The lowest BCUT2D eigenvalue weighted by Crippen LogP contribution is -1.93. The minimum atomic E-state index is 0.749. The van der Waals surface area contributed by atoms with Crippen LogP contribution in [0.4, 0.5) is 11.4 Å². The van der Waals surface area contributed by atoms with Crippen molar-refractivity contribution in [1.82, 2.24) is 0 Å². The summed E-state index contributed by atoms with van der Waals surface area (Å²) >= 11 is 0. The summed E-state index contributed by atoms with van der Waals surface area (Å²) in [6, 6.07) is 41.6. The standard InChI is InChI=1S/C30H24N2/c31-23-12-8-11-22(19-23)25-13-4-5-14-27(25)28-15-6-7-16-29(28)30-20-24(32)17-18-26(30)21-9-2-1-3-10-21/h1-20H,31-32H2. The molecule has 0 amide bonds. The van der Waals surface area contributed by atoms with Gasteiger partial charge in [0.15, 0.2) is 0 Å². The molecule has 0 aromatic heterocycles. The monoisotopic (exact) mass is 412 g/mol. The van der Waals surface area contributed by atoms with Crippen LogP contribution in [0, 0.1) is 0 Å². The van der Waals surface area contributed by atoms with Crippen LogP contribution in [0.15, 0.2) is 121 Å². The van der Waals surface area contributed by atoms with Gasteiger partial charge in [0.05, 0.1) is 0 Å². The summed E-state index contributed by atoms with van der Waals surface area (Å²) in [7, 11) is 0. The second kappa shape index (κ2) is 8.44. The fraction of sp³-hybridized carbons (Fsp3) is 0. The first-order valence-electron chi connectivity index (χ1n) is 10.7. The van der Waals surface area contributed by atoms with Crippen molar-refractivity contribution >= 4 is 11.4 Å². The summed E-state index contributed by atoms with van der Waals surface area (Å²) in [5, 5.41) is 0. The molecule has 5 aromatic carbocycles. The van der Waals surface area contributed by atoms with Crippen LogP contribution in [0.25, 0.3) is 44.5 Å². The predicted octanol–water partition coefficient (Wildman–Crippen LogP) is 7.52. The molecular weight excluding hydrogens is 388 g/mol. The van der Waals surface area contributed by atoms with E-state index in [1.165, 1.54) is 5.56 Å². The van der Waals surface area contributed by atoms with E-state index < -0.39 is 0 Å². The van der Waals surface area contributed by atoms with Gasteiger partial charge in [0.2, 0.25) is 0 Å². The normalized spacial score (nSPS) is 10.8. The molecule has 0 saturated heterocycles. The van der Waals surface area contributed by atoms with Crippen LogP contribution in [0.1, 0.15) is 0 Å². The first-order chi connectivity index (χ1) is 15.7. The molecule has 0 aliphatic carbocycles. The molecule has 2 heteroatoms. The summed E-state index contributed by atoms with van der Waals surface area (Å²) in [4.78, 5) is 0. The molecule has 0 fully saturated rings. The molecule has 0 heterocycles. The Hall–Kier alpha value is -4.30. The molecule has 0 aliphatic rings. The quantitative estimate of drug-likeness (QED) is 0.300. The number of rotatable bonds is 4. The van der Waals surface area contributed by atoms with Gasteiger partial charge >= 0.3 is 0 Å². The highest BCUT2D eigenvalue weighted by atomic mass is 14.5. The van der Waals surface area contributed by atoms with E-state index in [-0.39, 0.29) is 0 Å². The first-order valence-corrected chi connectivity index (χ1v) is 10.7. The second-order valence-corrected chi connectivity index (χ2v) is 7.89. The molecule has 0 unspecified atom stereocenters. The predicted molar refractivity (Wildman–Crippen MR) is 137 cm³/mol. The minimum absolute atomic E-state index is 0.749. The van der Waals surface area contributed by atoms with E-state index in [1.807, 2.05) is 30.3 Å². The average molecular weight is 413 g/mol. The van der Waals surface area contributed by atoms with E-state index in [9.17, 15) is 0 Å². The third kappa shape index (κ3) is 3.75. The zero-order valence-electron chi connectivity index (χ0n) is 17.7. The zero-order chi connectivity index (χ0) is 21.9. The fourth-order valence-electron chi connectivity index (χ4n) is 4.28. The minimum Gasteiger partial charge on any atom is -0.399 e. The van der Waals surface area contributed by atoms with Crippen molar-refractivity contribution in [2.45, 2.75) is 0 Å². The Balaban J connectivity index is 1.75. The smallest absolute Gasteiger partial charge is 0.0320 e. The number of nitrogens with two attached hydrogens (primary N) is 2. The van der Waals surface area contributed by atoms with Gasteiger partial charge < -0.3 is 11.5 Å². The lowest BCUT2D eigenvalue weighted by Gasteiger charge is -2.18. The maximum absolute atomic E-state index is 6.26. The lowest BCUT2D eigenvalue weighted by molar-refractivity contribution is 1.55. The van der Waals surface area contributed by atoms with E-state index in [4.69, 9.17) is 11.5 Å². The van der Waals surface area contributed by atoms with Crippen LogP contribution >= 0.6 is 0 Å². The van der Waals surface area contributed by atoms with Crippen molar-refractivity contribution in [3.05, 3.63) is 121 Å². The van der Waals surface area contributed by atoms with Crippen LogP contribution < -0.4 is 11.5 Å². The topological polar surface area (TPSA) is 52.0 Å². The van der Waals surface area contributed by atoms with Crippen LogP contribution in [0.5, 0.6) is 0 Å². The van der Waals surface area contributed by atoms with Crippen molar-refractivity contribution in [2.24, 2.45) is 0 Å². The van der Waals surface area contributed by atoms with Gasteiger partial charge in [-0.2, -0.15) is 0 Å². The SMILES string of the molecule is Nc1cccc(-c2ccccc2-c2ccccc2-c2cc(N)ccc2-c2ccccc2)c1. The van der Waals surface area contributed by atoms with Gasteiger partial charge in [-0.3, -0.25) is 0 Å². The second-order valence-electron chi connectivity index (χ2n) is 7.89. The highest BCUT2D eigenvalue weighted by Crippen LogP contribution is 2.42. The molecule has 5 aromatic rings. The van der Waals surface area contributed by atoms with Gasteiger partial charge in [0, 0.05) is 11.4 Å². The highest BCUT2D eigenvalue weighted by Gasteiger charge is 2.15. The molecule has 32 heavy (non-hydrogen) atoms. The van der Waals surface area contributed by atoms with Gasteiger partial charge in [-0.15, -0.1) is 0 Å². The molecule has 0 saturated carbocycles. The molecule has 0 aliphatic heterocycles. The van der Waals surface area contributed by atoms with Crippen LogP contribution in [0.2, 0.25) is 0 Å². The Bertz CT molecular complexity index is 1390. The van der Waals surface area contributed by atoms with Crippen LogP contribution in [-0.4, -0.2) is 0 Å². The lowest BCUT2D eigenvalue weighted by atomic mass is 9.86. The van der Waals surface area contributed by atoms with E-state index in [2.05, 4.69) is 91.0 Å². The Labute approximate surface area is 188 Å². The van der Waals surface area contributed by atoms with E-state index in [0.717, 1.165) is 50.3 Å². The highest BCUT2D eigenvalue weighted by molar-refractivity contribution is 5.96. The molecule has 4 N–H and O–H groups in total. The van der Waals surface area contributed by atoms with Crippen LogP contribution in [0.3, 0.4) is 0 Å². The molecule has 2 nitrogen and oxygen atoms in total. The van der Waals surface area contributed by atoms with Crippen molar-refractivity contribution < 1.29 is 0 Å². The molecule has 5 rings (SSSR count). The van der Waals surface area contributed by atoms with Crippen molar-refractivity contribution in [1.29, 1.82) is 0 Å². The molecule has 154 valence electrons. The van der Waals surface area contributed by atoms with Crippen molar-refractivity contribution in [3.8, 4) is 44.5 Å². The number of anilines is 2. The van der Waals surface area contributed by atoms with Gasteiger partial charge in [-0.1, -0.05) is 97.1 Å². The summed E-state index contributed by atoms with van der Waals surface area (Å²) in [6.45, 7) is 0. The van der Waals surface area contributed by atoms with E-state index >= 15 is 0 Å². The van der Waals surface area contributed by atoms with Gasteiger partial charge in [-0.25, -0.2) is 0 Å². The van der Waals surface area contributed by atoms with Gasteiger partial charge in [0.1, 0.15) is 0 Å². The number of hydrogen-bond donors (Lipinski definition) is 2. The van der Waals surface area contributed by atoms with Gasteiger partial charge in [0.25, 0.3) is 0 Å². The number of hydrogen-bond acceptors (Lipinski definition) is 2. The maximum Gasteiger partial charge on any atom is 0.0320 e. The van der Waals surface area contributed by atoms with Crippen molar-refractivity contribution in [2.75, 3.05) is 11.5 Å². The first kappa shape index (κ1) is 19.7. The summed E-state index contributed by atoms with van der Waals surface area (Å²) < 4.78 is 0. The largest absolute Gasteiger partial charge is 0.399 e. The Kier molecular flexibility index (Phi) is 5.19. The van der Waals surface area contributed by atoms with Crippen LogP contribution in [-0.2, 0) is 0 Å². The third-order valence-electron chi connectivity index (χ3n) is 5.76. The summed E-state index contributed by atoms with van der Waals surface area (Å²) in [5.41, 5.74) is 23.0. The number of benzene rings is 5. The fourth-order valence-corrected chi connectivity index (χ4v) is 4.28. The molecule has 0 bridgehead atoms. The molecule has 0 radical (unpaired) electrons. The Morgan fingerprint density at radius 1 is 0.312 bits per heavy atom. The molecular formula is C30H24N2. The zero-order valence-corrected chi connectivity index (χ0v) is 17.7.